The molecule has 0 spiro atoms. The number of carbonyl (C=O) groups is 1. The van der Waals surface area contributed by atoms with Crippen LogP contribution in [-0.4, -0.2) is 37.4 Å². The van der Waals surface area contributed by atoms with Crippen molar-refractivity contribution in [3.8, 4) is 0 Å². The average molecular weight is 247 g/mol. The van der Waals surface area contributed by atoms with Gasteiger partial charge in [-0.3, -0.25) is 0 Å². The van der Waals surface area contributed by atoms with Gasteiger partial charge in [0.25, 0.3) is 0 Å². The van der Waals surface area contributed by atoms with Gasteiger partial charge < -0.3 is 14.7 Å². The van der Waals surface area contributed by atoms with Crippen LogP contribution in [0, 0.1) is 0 Å². The molecule has 1 aliphatic rings. The van der Waals surface area contributed by atoms with Gasteiger partial charge in [0.05, 0.1) is 13.2 Å². The summed E-state index contributed by atoms with van der Waals surface area (Å²) in [6.45, 7) is 5.14. The number of morpholine rings is 1. The first-order valence-electron chi connectivity index (χ1n) is 6.01. The van der Waals surface area contributed by atoms with Crippen LogP contribution in [0.25, 0.3) is 5.57 Å². The minimum Gasteiger partial charge on any atom is -0.478 e. The highest BCUT2D eigenvalue weighted by Crippen LogP contribution is 2.20. The molecule has 0 radical (unpaired) electrons. The molecule has 0 saturated carbocycles. The molecule has 1 aromatic rings. The van der Waals surface area contributed by atoms with Crippen LogP contribution in [0.15, 0.2) is 30.3 Å². The second kappa shape index (κ2) is 5.69. The summed E-state index contributed by atoms with van der Waals surface area (Å²) in [5.41, 5.74) is 2.86. The number of anilines is 1. The molecule has 0 atom stereocenters. The van der Waals surface area contributed by atoms with E-state index in [1.54, 1.807) is 6.92 Å². The number of hydrogen-bond acceptors (Lipinski definition) is 3. The third-order valence-corrected chi connectivity index (χ3v) is 3.04. The van der Waals surface area contributed by atoms with E-state index < -0.39 is 5.97 Å². The number of benzene rings is 1. The molecule has 1 aliphatic heterocycles. The zero-order valence-corrected chi connectivity index (χ0v) is 10.4. The summed E-state index contributed by atoms with van der Waals surface area (Å²) in [6, 6.07) is 7.97. The second-order valence-electron chi connectivity index (χ2n) is 4.31. The summed E-state index contributed by atoms with van der Waals surface area (Å²) in [4.78, 5) is 12.9. The Bertz CT molecular complexity index is 445. The molecule has 4 heteroatoms. The van der Waals surface area contributed by atoms with E-state index >= 15 is 0 Å². The van der Waals surface area contributed by atoms with E-state index in [2.05, 4.69) is 4.90 Å². The van der Waals surface area contributed by atoms with E-state index in [-0.39, 0.29) is 0 Å². The normalized spacial score (nSPS) is 16.7. The highest BCUT2D eigenvalue weighted by molar-refractivity contribution is 5.89. The molecule has 4 nitrogen and oxygen atoms in total. The summed E-state index contributed by atoms with van der Waals surface area (Å²) in [7, 11) is 0. The molecule has 0 aromatic heterocycles. The quantitative estimate of drug-likeness (QED) is 0.830. The van der Waals surface area contributed by atoms with E-state index in [4.69, 9.17) is 9.84 Å². The Morgan fingerprint density at radius 1 is 1.28 bits per heavy atom. The number of nitrogens with zero attached hydrogens (tertiary/aromatic N) is 1. The van der Waals surface area contributed by atoms with Crippen molar-refractivity contribution in [2.45, 2.75) is 6.92 Å². The Morgan fingerprint density at radius 2 is 1.89 bits per heavy atom. The van der Waals surface area contributed by atoms with E-state index in [1.165, 1.54) is 6.08 Å². The number of carboxylic acid groups (broad SMARTS) is 1. The Kier molecular flexibility index (Phi) is 3.99. The lowest BCUT2D eigenvalue weighted by Gasteiger charge is -2.28. The van der Waals surface area contributed by atoms with Gasteiger partial charge in [-0.15, -0.1) is 0 Å². The highest BCUT2D eigenvalue weighted by Gasteiger charge is 2.10. The molecule has 1 fully saturated rings. The van der Waals surface area contributed by atoms with Crippen molar-refractivity contribution in [3.05, 3.63) is 35.9 Å². The molecular formula is C14H17NO3. The fraction of sp³-hybridized carbons (Fsp3) is 0.357. The molecule has 2 rings (SSSR count). The number of hydrogen-bond donors (Lipinski definition) is 1. The Hall–Kier alpha value is -1.81. The van der Waals surface area contributed by atoms with Gasteiger partial charge in [-0.1, -0.05) is 12.1 Å². The van der Waals surface area contributed by atoms with Crippen LogP contribution in [0.2, 0.25) is 0 Å². The summed E-state index contributed by atoms with van der Waals surface area (Å²) < 4.78 is 5.31. The van der Waals surface area contributed by atoms with Gasteiger partial charge in [0, 0.05) is 24.9 Å². The van der Waals surface area contributed by atoms with Crippen molar-refractivity contribution >= 4 is 17.2 Å². The second-order valence-corrected chi connectivity index (χ2v) is 4.31. The Balaban J connectivity index is 2.12. The van der Waals surface area contributed by atoms with Crippen LogP contribution >= 0.6 is 0 Å². The van der Waals surface area contributed by atoms with Gasteiger partial charge in [0.15, 0.2) is 0 Å². The molecule has 18 heavy (non-hydrogen) atoms. The topological polar surface area (TPSA) is 49.8 Å². The minimum atomic E-state index is -0.912. The number of ether oxygens (including phenoxy) is 1. The van der Waals surface area contributed by atoms with Gasteiger partial charge in [-0.2, -0.15) is 0 Å². The van der Waals surface area contributed by atoms with Gasteiger partial charge in [0.1, 0.15) is 0 Å². The number of aliphatic carboxylic acids is 1. The van der Waals surface area contributed by atoms with Crippen LogP contribution < -0.4 is 4.90 Å². The average Bonchev–Trinajstić information content (AvgIpc) is 2.39. The molecule has 1 aromatic carbocycles. The lowest BCUT2D eigenvalue weighted by molar-refractivity contribution is -0.131. The molecule has 1 saturated heterocycles. The molecule has 0 unspecified atom stereocenters. The summed E-state index contributed by atoms with van der Waals surface area (Å²) in [5.74, 6) is -0.912. The molecule has 0 bridgehead atoms. The molecule has 0 amide bonds. The van der Waals surface area contributed by atoms with Crippen LogP contribution in [0.1, 0.15) is 12.5 Å². The van der Waals surface area contributed by atoms with E-state index in [9.17, 15) is 4.79 Å². The molecule has 1 N–H and O–H groups in total. The van der Waals surface area contributed by atoms with Crippen molar-refractivity contribution in [2.75, 3.05) is 31.2 Å². The van der Waals surface area contributed by atoms with Crippen LogP contribution in [0.3, 0.4) is 0 Å². The van der Waals surface area contributed by atoms with Crippen LogP contribution in [-0.2, 0) is 9.53 Å². The first-order valence-corrected chi connectivity index (χ1v) is 6.01. The zero-order chi connectivity index (χ0) is 13.0. The number of allylic oxidation sites excluding steroid dienone is 1. The van der Waals surface area contributed by atoms with Gasteiger partial charge >= 0.3 is 5.97 Å². The fourth-order valence-corrected chi connectivity index (χ4v) is 2.03. The largest absolute Gasteiger partial charge is 0.478 e. The predicted molar refractivity (Wildman–Crippen MR) is 70.8 cm³/mol. The number of rotatable bonds is 3. The van der Waals surface area contributed by atoms with Gasteiger partial charge in [-0.25, -0.2) is 4.79 Å². The summed E-state index contributed by atoms with van der Waals surface area (Å²) in [6.07, 6.45) is 1.23. The third kappa shape index (κ3) is 3.11. The molecule has 0 aliphatic carbocycles. The molecule has 1 heterocycles. The van der Waals surface area contributed by atoms with E-state index in [1.807, 2.05) is 24.3 Å². The first kappa shape index (κ1) is 12.6. The third-order valence-electron chi connectivity index (χ3n) is 3.04. The first-order chi connectivity index (χ1) is 8.66. The molecular weight excluding hydrogens is 230 g/mol. The lowest BCUT2D eigenvalue weighted by Crippen LogP contribution is -2.36. The lowest BCUT2D eigenvalue weighted by atomic mass is 10.1. The number of carboxylic acids is 1. The Labute approximate surface area is 106 Å². The maximum Gasteiger partial charge on any atom is 0.328 e. The van der Waals surface area contributed by atoms with E-state index in [0.29, 0.717) is 0 Å². The van der Waals surface area contributed by atoms with Crippen molar-refractivity contribution in [1.29, 1.82) is 0 Å². The smallest absolute Gasteiger partial charge is 0.328 e. The standard InChI is InChI=1S/C14H17NO3/c1-11(10-14(16)17)12-2-4-13(5-3-12)15-6-8-18-9-7-15/h2-5,10H,6-9H2,1H3,(H,16,17)/b11-10+. The van der Waals surface area contributed by atoms with Gasteiger partial charge in [-0.05, 0) is 30.2 Å². The zero-order valence-electron chi connectivity index (χ0n) is 10.4. The Morgan fingerprint density at radius 3 is 2.44 bits per heavy atom. The monoisotopic (exact) mass is 247 g/mol. The molecule has 96 valence electrons. The van der Waals surface area contributed by atoms with Crippen LogP contribution in [0.5, 0.6) is 0 Å². The van der Waals surface area contributed by atoms with Crippen LogP contribution in [0.4, 0.5) is 5.69 Å². The van der Waals surface area contributed by atoms with Crippen molar-refractivity contribution in [2.24, 2.45) is 0 Å². The van der Waals surface area contributed by atoms with Crippen molar-refractivity contribution in [1.82, 2.24) is 0 Å². The maximum absolute atomic E-state index is 10.6. The van der Waals surface area contributed by atoms with Crippen molar-refractivity contribution in [3.63, 3.8) is 0 Å². The fourth-order valence-electron chi connectivity index (χ4n) is 2.03. The van der Waals surface area contributed by atoms with E-state index in [0.717, 1.165) is 43.1 Å². The SMILES string of the molecule is C/C(=C\C(=O)O)c1ccc(N2CCOCC2)cc1. The van der Waals surface area contributed by atoms with Gasteiger partial charge in [0.2, 0.25) is 0 Å². The van der Waals surface area contributed by atoms with Crippen molar-refractivity contribution < 1.29 is 14.6 Å². The summed E-state index contributed by atoms with van der Waals surface area (Å²) >= 11 is 0. The predicted octanol–water partition coefficient (Wildman–Crippen LogP) is 2.01. The highest BCUT2D eigenvalue weighted by atomic mass is 16.5. The minimum absolute atomic E-state index is 0.760. The maximum atomic E-state index is 10.6. The summed E-state index contributed by atoms with van der Waals surface area (Å²) in [5, 5.41) is 8.71.